The summed E-state index contributed by atoms with van der Waals surface area (Å²) < 4.78 is 57.1. The van der Waals surface area contributed by atoms with Gasteiger partial charge in [0.2, 0.25) is 0 Å². The van der Waals surface area contributed by atoms with Gasteiger partial charge in [0.15, 0.2) is 5.82 Å². The quantitative estimate of drug-likeness (QED) is 0.165. The Hall–Kier alpha value is -6.94. The molecule has 11 rings (SSSR count). The van der Waals surface area contributed by atoms with Gasteiger partial charge in [-0.05, 0) is 90.9 Å². The fraction of sp³-hybridized carbons (Fsp3) is 0. The lowest BCUT2D eigenvalue weighted by Gasteiger charge is -2.12. The first-order valence-corrected chi connectivity index (χ1v) is 19.0. The van der Waals surface area contributed by atoms with Gasteiger partial charge in [0.25, 0.3) is 0 Å². The summed E-state index contributed by atoms with van der Waals surface area (Å²) in [6, 6.07) is 51.4. The van der Waals surface area contributed by atoms with Gasteiger partial charge in [-0.2, -0.15) is 0 Å². The minimum absolute atomic E-state index is 0.0256. The molecule has 0 bridgehead atoms. The van der Waals surface area contributed by atoms with Gasteiger partial charge in [-0.1, -0.05) is 158 Å². The molecule has 0 spiro atoms. The molecule has 0 aliphatic carbocycles. The number of thiophene rings is 1. The molecule has 256 valence electrons. The first-order valence-electron chi connectivity index (χ1n) is 21.2. The first kappa shape index (κ1) is 25.9. The third-order valence-corrected chi connectivity index (χ3v) is 11.4. The SMILES string of the molecule is [2H]c1c(-c2ccc3c4ccccc4c4ccccc4c3c2)c([2H])c2c(sc3c([2H])c([2H])c([2H])c(-c4cc(-c5cccc(-c6ccccc6)c5)nc(-c5ccccc5)n4)c32)c1[2H]. The summed E-state index contributed by atoms with van der Waals surface area (Å²) in [6.45, 7) is 0. The summed E-state index contributed by atoms with van der Waals surface area (Å²) in [6.07, 6.45) is 0. The molecule has 0 aliphatic rings. The van der Waals surface area contributed by atoms with Gasteiger partial charge >= 0.3 is 0 Å². The zero-order chi connectivity index (χ0) is 41.5. The van der Waals surface area contributed by atoms with Crippen LogP contribution in [0.5, 0.6) is 0 Å². The molecule has 55 heavy (non-hydrogen) atoms. The third kappa shape index (κ3) is 5.40. The number of nitrogens with zero attached hydrogens (tertiary/aromatic N) is 2. The van der Waals surface area contributed by atoms with E-state index in [9.17, 15) is 5.48 Å². The van der Waals surface area contributed by atoms with Crippen LogP contribution in [-0.4, -0.2) is 9.97 Å². The molecule has 2 heterocycles. The molecule has 0 unspecified atom stereocenters. The lowest BCUT2D eigenvalue weighted by atomic mass is 9.92. The zero-order valence-corrected chi connectivity index (χ0v) is 30.1. The highest BCUT2D eigenvalue weighted by atomic mass is 32.1. The standard InChI is InChI=1S/C52H32N2S/c1-3-13-33(14-4-1)35-17-11-18-38(29-35)47-32-48(54-52(53-47)34-15-5-2-6-16-34)44-23-12-24-50-51(44)46-31-37(26-28-49(46)55-50)36-25-27-43-41-21-8-7-19-39(41)40-20-9-10-22-42(40)45(43)30-36/h1-32H/i12D,23D,24D,26D,28D,31D. The fourth-order valence-corrected chi connectivity index (χ4v) is 8.75. The van der Waals surface area contributed by atoms with Crippen molar-refractivity contribution in [2.75, 3.05) is 0 Å². The van der Waals surface area contributed by atoms with Crippen LogP contribution in [0.1, 0.15) is 8.22 Å². The van der Waals surface area contributed by atoms with Gasteiger partial charge < -0.3 is 0 Å². The summed E-state index contributed by atoms with van der Waals surface area (Å²) in [4.78, 5) is 10.1. The van der Waals surface area contributed by atoms with E-state index in [-0.39, 0.29) is 41.8 Å². The van der Waals surface area contributed by atoms with E-state index in [0.717, 1.165) is 65.9 Å². The van der Waals surface area contributed by atoms with Crippen LogP contribution in [0.15, 0.2) is 194 Å². The molecule has 0 fully saturated rings. The molecule has 11 aromatic rings. The number of fused-ring (bicyclic) bond motifs is 9. The van der Waals surface area contributed by atoms with Crippen molar-refractivity contribution in [1.82, 2.24) is 9.97 Å². The molecule has 0 N–H and O–H groups in total. The van der Waals surface area contributed by atoms with Crippen LogP contribution in [0.25, 0.3) is 109 Å². The fourth-order valence-electron chi connectivity index (χ4n) is 7.78. The molecular formula is C52H32N2S. The molecule has 0 amide bonds. The van der Waals surface area contributed by atoms with Gasteiger partial charge in [-0.25, -0.2) is 9.97 Å². The van der Waals surface area contributed by atoms with Gasteiger partial charge in [0.05, 0.1) is 19.6 Å². The highest BCUT2D eigenvalue weighted by molar-refractivity contribution is 7.26. The van der Waals surface area contributed by atoms with E-state index in [1.165, 1.54) is 0 Å². The van der Waals surface area contributed by atoms with E-state index in [4.69, 9.17) is 12.7 Å². The Morgan fingerprint density at radius 2 is 0.982 bits per heavy atom. The maximum Gasteiger partial charge on any atom is 0.160 e. The predicted octanol–water partition coefficient (Wildman–Crippen LogP) is 14.6. The van der Waals surface area contributed by atoms with Crippen LogP contribution in [0, 0.1) is 0 Å². The van der Waals surface area contributed by atoms with Gasteiger partial charge in [-0.3, -0.25) is 0 Å². The van der Waals surface area contributed by atoms with Crippen molar-refractivity contribution in [2.45, 2.75) is 0 Å². The lowest BCUT2D eigenvalue weighted by Crippen LogP contribution is -1.96. The summed E-state index contributed by atoms with van der Waals surface area (Å²) >= 11 is 1.12. The monoisotopic (exact) mass is 722 g/mol. The Morgan fingerprint density at radius 3 is 1.73 bits per heavy atom. The van der Waals surface area contributed by atoms with Gasteiger partial charge in [0.1, 0.15) is 0 Å². The molecule has 0 saturated carbocycles. The van der Waals surface area contributed by atoms with E-state index in [2.05, 4.69) is 42.5 Å². The molecule has 2 aromatic heterocycles. The second-order valence-corrected chi connectivity index (χ2v) is 14.7. The Morgan fingerprint density at radius 1 is 0.382 bits per heavy atom. The van der Waals surface area contributed by atoms with E-state index in [1.54, 1.807) is 0 Å². The van der Waals surface area contributed by atoms with Crippen molar-refractivity contribution in [3.8, 4) is 56.2 Å². The van der Waals surface area contributed by atoms with Crippen LogP contribution in [0.2, 0.25) is 0 Å². The van der Waals surface area contributed by atoms with Crippen molar-refractivity contribution in [3.05, 3.63) is 194 Å². The molecule has 0 atom stereocenters. The normalized spacial score (nSPS) is 13.2. The Labute approximate surface area is 331 Å². The van der Waals surface area contributed by atoms with E-state index < -0.39 is 0 Å². The molecule has 3 heteroatoms. The average molecular weight is 723 g/mol. The van der Waals surface area contributed by atoms with Crippen LogP contribution in [-0.2, 0) is 0 Å². The second kappa shape index (κ2) is 12.9. The minimum atomic E-state index is -0.278. The van der Waals surface area contributed by atoms with Gasteiger partial charge in [0, 0.05) is 36.9 Å². The van der Waals surface area contributed by atoms with Gasteiger partial charge in [-0.15, -0.1) is 11.3 Å². The van der Waals surface area contributed by atoms with E-state index >= 15 is 0 Å². The molecule has 0 saturated heterocycles. The van der Waals surface area contributed by atoms with Crippen molar-refractivity contribution >= 4 is 63.8 Å². The largest absolute Gasteiger partial charge is 0.228 e. The van der Waals surface area contributed by atoms with Crippen molar-refractivity contribution in [3.63, 3.8) is 0 Å². The maximum atomic E-state index is 9.93. The summed E-state index contributed by atoms with van der Waals surface area (Å²) in [5.74, 6) is 0.420. The molecular weight excluding hydrogens is 685 g/mol. The smallest absolute Gasteiger partial charge is 0.160 e. The van der Waals surface area contributed by atoms with E-state index in [1.807, 2.05) is 115 Å². The van der Waals surface area contributed by atoms with Crippen LogP contribution in [0.3, 0.4) is 0 Å². The topological polar surface area (TPSA) is 25.8 Å². The average Bonchev–Trinajstić information content (AvgIpc) is 3.72. The lowest BCUT2D eigenvalue weighted by molar-refractivity contribution is 1.19. The zero-order valence-electron chi connectivity index (χ0n) is 35.3. The first-order chi connectivity index (χ1) is 29.8. The predicted molar refractivity (Wildman–Crippen MR) is 235 cm³/mol. The Balaban J connectivity index is 1.20. The van der Waals surface area contributed by atoms with Crippen molar-refractivity contribution in [1.29, 1.82) is 0 Å². The molecule has 0 radical (unpaired) electrons. The van der Waals surface area contributed by atoms with Crippen LogP contribution >= 0.6 is 11.3 Å². The number of rotatable bonds is 5. The Bertz CT molecular complexity index is 3570. The summed E-state index contributed by atoms with van der Waals surface area (Å²) in [5, 5.41) is 7.21. The van der Waals surface area contributed by atoms with Crippen molar-refractivity contribution < 1.29 is 8.22 Å². The minimum Gasteiger partial charge on any atom is -0.228 e. The molecule has 0 aliphatic heterocycles. The number of hydrogen-bond acceptors (Lipinski definition) is 3. The maximum absolute atomic E-state index is 9.93. The summed E-state index contributed by atoms with van der Waals surface area (Å²) in [5.41, 5.74) is 5.83. The van der Waals surface area contributed by atoms with Crippen molar-refractivity contribution in [2.24, 2.45) is 0 Å². The highest BCUT2D eigenvalue weighted by Crippen LogP contribution is 2.43. The van der Waals surface area contributed by atoms with Crippen LogP contribution < -0.4 is 0 Å². The highest BCUT2D eigenvalue weighted by Gasteiger charge is 2.17. The number of aromatic nitrogens is 2. The molecule has 9 aromatic carbocycles. The second-order valence-electron chi connectivity index (χ2n) is 13.6. The Kier molecular flexibility index (Phi) is 6.07. The van der Waals surface area contributed by atoms with Crippen LogP contribution in [0.4, 0.5) is 0 Å². The number of hydrogen-bond donors (Lipinski definition) is 0. The summed E-state index contributed by atoms with van der Waals surface area (Å²) in [7, 11) is 0. The van der Waals surface area contributed by atoms with E-state index in [0.29, 0.717) is 48.5 Å². The number of benzene rings is 9. The third-order valence-electron chi connectivity index (χ3n) is 10.4. The molecule has 2 nitrogen and oxygen atoms in total.